The minimum atomic E-state index is -1.19. The van der Waals surface area contributed by atoms with Gasteiger partial charge in [0, 0.05) is 0 Å². The summed E-state index contributed by atoms with van der Waals surface area (Å²) in [6.45, 7) is 28.8. The Kier molecular flexibility index (Phi) is 16.0. The van der Waals surface area contributed by atoms with E-state index < -0.39 is 32.3 Å². The molecule has 0 unspecified atom stereocenters. The molecule has 0 aromatic rings. The molecular formula is C28H48CeSi4+4. The van der Waals surface area contributed by atoms with Gasteiger partial charge in [-0.3, -0.25) is 0 Å². The minimum Gasteiger partial charge on any atom is -0.0691 e. The zero-order valence-corrected chi connectivity index (χ0v) is 30.6. The van der Waals surface area contributed by atoms with E-state index in [2.05, 4.69) is 156 Å². The Morgan fingerprint density at radius 3 is 0.576 bits per heavy atom. The molecule has 0 aliphatic heterocycles. The zero-order chi connectivity index (χ0) is 24.8. The molecule has 5 heteroatoms. The maximum Gasteiger partial charge on any atom is 4.00 e. The Hall–Kier alpha value is 2.24. The topological polar surface area (TPSA) is 0 Å². The van der Waals surface area contributed by atoms with Gasteiger partial charge in [-0.15, -0.1) is 0 Å². The van der Waals surface area contributed by atoms with Crippen molar-refractivity contribution < 1.29 is 41.7 Å². The van der Waals surface area contributed by atoms with Crippen LogP contribution in [0.5, 0.6) is 0 Å². The van der Waals surface area contributed by atoms with Crippen LogP contribution in [-0.4, -0.2) is 32.3 Å². The second kappa shape index (κ2) is 15.0. The third-order valence-electron chi connectivity index (χ3n) is 5.67. The first-order valence-electron chi connectivity index (χ1n) is 12.0. The molecule has 0 saturated heterocycles. The molecule has 0 N–H and O–H groups in total. The quantitative estimate of drug-likeness (QED) is 0.273. The third-order valence-corrected chi connectivity index (χ3v) is 13.9. The maximum absolute atomic E-state index is 2.40. The molecule has 0 bridgehead atoms. The van der Waals surface area contributed by atoms with Gasteiger partial charge in [0.25, 0.3) is 0 Å². The maximum atomic E-state index is 2.40. The van der Waals surface area contributed by atoms with E-state index in [9.17, 15) is 0 Å². The van der Waals surface area contributed by atoms with Crippen LogP contribution in [0, 0.1) is 141 Å². The van der Waals surface area contributed by atoms with E-state index in [1.165, 1.54) is 22.2 Å². The summed E-state index contributed by atoms with van der Waals surface area (Å²) in [5.41, 5.74) is 6.14. The number of hydrogen-bond acceptors (Lipinski definition) is 0. The summed E-state index contributed by atoms with van der Waals surface area (Å²) < 4.78 is 0. The summed E-state index contributed by atoms with van der Waals surface area (Å²) in [4.78, 5) is 0. The average Bonchev–Trinajstić information content (AvgIpc) is 2.49. The van der Waals surface area contributed by atoms with Gasteiger partial charge in [-0.05, 0) is 99.2 Å². The van der Waals surface area contributed by atoms with Crippen LogP contribution in [0.2, 0.25) is 78.6 Å². The molecule has 33 heavy (non-hydrogen) atoms. The van der Waals surface area contributed by atoms with Crippen LogP contribution in [0.3, 0.4) is 0 Å². The molecule has 0 amide bonds. The summed E-state index contributed by atoms with van der Waals surface area (Å²) in [6, 6.07) is 0. The van der Waals surface area contributed by atoms with Crippen molar-refractivity contribution in [2.45, 2.75) is 78.6 Å². The van der Waals surface area contributed by atoms with Gasteiger partial charge in [-0.2, -0.15) is 0 Å². The Bertz CT molecular complexity index is 426. The third kappa shape index (κ3) is 14.1. The predicted molar refractivity (Wildman–Crippen MR) is 158 cm³/mol. The molecule has 2 aliphatic rings. The van der Waals surface area contributed by atoms with Crippen LogP contribution < -0.4 is 0 Å². The molecule has 0 atom stereocenters. The van der Waals surface area contributed by atoms with Gasteiger partial charge in [0.1, 0.15) is 0 Å². The second-order valence-corrected chi connectivity index (χ2v) is 33.2. The molecule has 0 spiro atoms. The molecule has 2 saturated carbocycles. The van der Waals surface area contributed by atoms with E-state index in [-0.39, 0.29) is 41.7 Å². The van der Waals surface area contributed by atoms with Crippen molar-refractivity contribution in [3.63, 3.8) is 0 Å². The van der Waals surface area contributed by atoms with Gasteiger partial charge >= 0.3 is 41.7 Å². The first-order valence-corrected chi connectivity index (χ1v) is 26.0. The van der Waals surface area contributed by atoms with E-state index in [1.807, 2.05) is 0 Å². The van der Waals surface area contributed by atoms with Gasteiger partial charge in [0.2, 0.25) is 0 Å². The molecule has 16 radical (unpaired) electrons. The number of rotatable bonds is 4. The molecule has 176 valence electrons. The SMILES string of the molecule is C[Si](C)(C)[C]1[CH][CH][CH][CH][C]([Si](C)(C)C)[CH][CH]1.C[Si](C)(C)[C]1[CH][CH][CH][CH][C]([Si](C)(C)C)[CH][CH]1.[Ce+4]. The minimum absolute atomic E-state index is 0. The normalized spacial score (nSPS) is 22.2. The Morgan fingerprint density at radius 2 is 0.455 bits per heavy atom. The summed E-state index contributed by atoms with van der Waals surface area (Å²) in [5, 5.41) is 0. The Morgan fingerprint density at radius 1 is 0.303 bits per heavy atom. The van der Waals surface area contributed by atoms with Crippen molar-refractivity contribution >= 4 is 32.3 Å². The van der Waals surface area contributed by atoms with Crippen molar-refractivity contribution in [2.75, 3.05) is 0 Å². The first-order chi connectivity index (χ1) is 14.4. The van der Waals surface area contributed by atoms with Crippen LogP contribution in [0.1, 0.15) is 0 Å². The summed E-state index contributed by atoms with van der Waals surface area (Å²) in [7, 11) is -4.75. The monoisotopic (exact) mass is 636 g/mol. The van der Waals surface area contributed by atoms with Crippen molar-refractivity contribution in [3.05, 3.63) is 99.2 Å². The molecule has 0 nitrogen and oxygen atoms in total. The summed E-state index contributed by atoms with van der Waals surface area (Å²) in [6.07, 6.45) is 27.3. The summed E-state index contributed by atoms with van der Waals surface area (Å²) in [5.74, 6) is 0. The van der Waals surface area contributed by atoms with E-state index in [1.54, 1.807) is 0 Å². The van der Waals surface area contributed by atoms with Crippen molar-refractivity contribution in [1.29, 1.82) is 0 Å². The van der Waals surface area contributed by atoms with Gasteiger partial charge in [-0.25, -0.2) is 0 Å². The smallest absolute Gasteiger partial charge is 0.0691 e. The molecule has 2 fully saturated rings. The molecule has 0 aromatic heterocycles. The van der Waals surface area contributed by atoms with Crippen LogP contribution in [0.15, 0.2) is 0 Å². The molecule has 2 aliphatic carbocycles. The predicted octanol–water partition coefficient (Wildman–Crippen LogP) is 8.26. The first kappa shape index (κ1) is 35.2. The Balaban J connectivity index is 0.000000602. The van der Waals surface area contributed by atoms with Crippen LogP contribution >= 0.6 is 0 Å². The average molecular weight is 637 g/mol. The van der Waals surface area contributed by atoms with E-state index >= 15 is 0 Å². The standard InChI is InChI=1S/2C14H24Si2.Ce/c2*1-15(2,3)13-9-7-8-10-14(12-11-13)16(4,5)6;/h2*7-12H,1-6H3;/q;;+4. The molecule has 0 heterocycles. The van der Waals surface area contributed by atoms with Gasteiger partial charge in [0.15, 0.2) is 0 Å². The molecular weight excluding hydrogens is 589 g/mol. The van der Waals surface area contributed by atoms with Gasteiger partial charge < -0.3 is 0 Å². The fraction of sp³-hybridized carbons (Fsp3) is 0.429. The summed E-state index contributed by atoms with van der Waals surface area (Å²) >= 11 is 0. The fourth-order valence-corrected chi connectivity index (χ4v) is 7.94. The van der Waals surface area contributed by atoms with Gasteiger partial charge in [0.05, 0.1) is 32.3 Å². The van der Waals surface area contributed by atoms with Crippen molar-refractivity contribution in [1.82, 2.24) is 0 Å². The van der Waals surface area contributed by atoms with Crippen LogP contribution in [-0.2, 0) is 0 Å². The van der Waals surface area contributed by atoms with E-state index in [0.29, 0.717) is 0 Å². The fourth-order valence-electron chi connectivity index (χ4n) is 3.22. The largest absolute Gasteiger partial charge is 4.00 e. The molecule has 0 aromatic carbocycles. The molecule has 2 rings (SSSR count). The van der Waals surface area contributed by atoms with Crippen molar-refractivity contribution in [2.24, 2.45) is 0 Å². The van der Waals surface area contributed by atoms with Crippen molar-refractivity contribution in [3.8, 4) is 0 Å². The van der Waals surface area contributed by atoms with Crippen LogP contribution in [0.4, 0.5) is 0 Å². The second-order valence-electron chi connectivity index (χ2n) is 12.9. The Labute approximate surface area is 249 Å². The number of hydrogen-bond donors (Lipinski definition) is 0. The zero-order valence-electron chi connectivity index (χ0n) is 23.4. The van der Waals surface area contributed by atoms with E-state index in [0.717, 1.165) is 0 Å². The van der Waals surface area contributed by atoms with Gasteiger partial charge in [-0.1, -0.05) is 78.6 Å². The van der Waals surface area contributed by atoms with Crippen LogP contribution in [0.25, 0.3) is 0 Å². The van der Waals surface area contributed by atoms with E-state index in [4.69, 9.17) is 0 Å².